The molecule has 1 aromatic heterocycles. The van der Waals surface area contributed by atoms with Gasteiger partial charge in [0.05, 0.1) is 12.5 Å². The van der Waals surface area contributed by atoms with E-state index in [1.807, 2.05) is 38.1 Å². The average Bonchev–Trinajstić information content (AvgIpc) is 3.24. The topological polar surface area (TPSA) is 210 Å². The van der Waals surface area contributed by atoms with Crippen LogP contribution < -0.4 is 27.4 Å². The fourth-order valence-electron chi connectivity index (χ4n) is 3.95. The molecule has 0 radical (unpaired) electrons. The van der Waals surface area contributed by atoms with Crippen molar-refractivity contribution in [3.05, 3.63) is 36.0 Å². The van der Waals surface area contributed by atoms with Gasteiger partial charge in [0, 0.05) is 23.5 Å². The smallest absolute Gasteiger partial charge is 0.326 e. The predicted molar refractivity (Wildman–Crippen MR) is 142 cm³/mol. The van der Waals surface area contributed by atoms with E-state index in [1.165, 1.54) is 0 Å². The maximum Gasteiger partial charge on any atom is 0.326 e. The van der Waals surface area contributed by atoms with Crippen LogP contribution >= 0.6 is 0 Å². The van der Waals surface area contributed by atoms with Crippen molar-refractivity contribution in [3.63, 3.8) is 0 Å². The second kappa shape index (κ2) is 13.6. The molecule has 0 spiro atoms. The number of aliphatic carboxylic acids is 1. The Kier molecular flexibility index (Phi) is 10.8. The minimum absolute atomic E-state index is 0.0542. The molecule has 4 atom stereocenters. The van der Waals surface area contributed by atoms with Gasteiger partial charge in [-0.15, -0.1) is 0 Å². The highest BCUT2D eigenvalue weighted by Crippen LogP contribution is 2.19. The van der Waals surface area contributed by atoms with E-state index >= 15 is 0 Å². The van der Waals surface area contributed by atoms with Crippen LogP contribution in [0.2, 0.25) is 0 Å². The van der Waals surface area contributed by atoms with E-state index < -0.39 is 60.2 Å². The van der Waals surface area contributed by atoms with Crippen molar-refractivity contribution in [2.24, 2.45) is 23.3 Å². The lowest BCUT2D eigenvalue weighted by Crippen LogP contribution is -2.58. The molecular weight excluding hydrogens is 492 g/mol. The van der Waals surface area contributed by atoms with Crippen molar-refractivity contribution in [3.8, 4) is 0 Å². The number of primary amides is 1. The van der Waals surface area contributed by atoms with Gasteiger partial charge in [0.2, 0.25) is 23.6 Å². The zero-order valence-corrected chi connectivity index (χ0v) is 22.1. The van der Waals surface area contributed by atoms with Crippen LogP contribution in [0.25, 0.3) is 10.9 Å². The SMILES string of the molecule is CC(C)CC(NC(=O)C(Cc1c[nH]c2ccccc12)NC(=O)C(N)C(C)C)C(=O)NC(CC(N)=O)C(=O)O. The summed E-state index contributed by atoms with van der Waals surface area (Å²) in [5.74, 6) is -4.49. The number of aromatic nitrogens is 1. The third-order valence-electron chi connectivity index (χ3n) is 6.11. The second-order valence-electron chi connectivity index (χ2n) is 10.2. The molecular formula is C26H38N6O6. The highest BCUT2D eigenvalue weighted by molar-refractivity contribution is 5.95. The zero-order chi connectivity index (χ0) is 28.6. The molecule has 1 aromatic carbocycles. The molecule has 38 heavy (non-hydrogen) atoms. The molecule has 4 amide bonds. The normalized spacial score (nSPS) is 14.5. The molecule has 1 heterocycles. The maximum atomic E-state index is 13.5. The number of carboxylic acid groups (broad SMARTS) is 1. The number of rotatable bonds is 14. The number of nitrogens with one attached hydrogen (secondary N) is 4. The fourth-order valence-corrected chi connectivity index (χ4v) is 3.95. The van der Waals surface area contributed by atoms with E-state index in [9.17, 15) is 29.1 Å². The number of amides is 4. The number of fused-ring (bicyclic) bond motifs is 1. The number of aromatic amines is 1. The largest absolute Gasteiger partial charge is 0.480 e. The first-order chi connectivity index (χ1) is 17.8. The van der Waals surface area contributed by atoms with Gasteiger partial charge in [-0.05, 0) is 29.9 Å². The van der Waals surface area contributed by atoms with E-state index in [0.717, 1.165) is 16.5 Å². The summed E-state index contributed by atoms with van der Waals surface area (Å²) in [7, 11) is 0. The number of para-hydroxylation sites is 1. The molecule has 4 unspecified atom stereocenters. The van der Waals surface area contributed by atoms with Gasteiger partial charge in [-0.1, -0.05) is 45.9 Å². The second-order valence-corrected chi connectivity index (χ2v) is 10.2. The molecule has 2 rings (SSSR count). The Hall–Kier alpha value is -3.93. The van der Waals surface area contributed by atoms with Gasteiger partial charge in [0.25, 0.3) is 0 Å². The van der Waals surface area contributed by atoms with Crippen molar-refractivity contribution in [2.45, 2.75) is 71.1 Å². The van der Waals surface area contributed by atoms with Crippen molar-refractivity contribution >= 4 is 40.5 Å². The summed E-state index contributed by atoms with van der Waals surface area (Å²) in [6.07, 6.45) is 1.44. The van der Waals surface area contributed by atoms with Gasteiger partial charge in [0.1, 0.15) is 18.1 Å². The van der Waals surface area contributed by atoms with Gasteiger partial charge >= 0.3 is 5.97 Å². The highest BCUT2D eigenvalue weighted by atomic mass is 16.4. The van der Waals surface area contributed by atoms with Gasteiger partial charge in [0.15, 0.2) is 0 Å². The van der Waals surface area contributed by atoms with Crippen LogP contribution in [0, 0.1) is 11.8 Å². The number of hydrogen-bond acceptors (Lipinski definition) is 6. The van der Waals surface area contributed by atoms with Crippen molar-refractivity contribution in [1.29, 1.82) is 0 Å². The first-order valence-electron chi connectivity index (χ1n) is 12.5. The monoisotopic (exact) mass is 530 g/mol. The van der Waals surface area contributed by atoms with Crippen LogP contribution in [0.15, 0.2) is 30.5 Å². The molecule has 0 saturated carbocycles. The molecule has 12 nitrogen and oxygen atoms in total. The lowest BCUT2D eigenvalue weighted by atomic mass is 9.99. The minimum atomic E-state index is -1.54. The summed E-state index contributed by atoms with van der Waals surface area (Å²) in [5.41, 5.74) is 12.7. The Bertz CT molecular complexity index is 1160. The summed E-state index contributed by atoms with van der Waals surface area (Å²) >= 11 is 0. The molecule has 12 heteroatoms. The van der Waals surface area contributed by atoms with E-state index in [2.05, 4.69) is 20.9 Å². The van der Waals surface area contributed by atoms with Crippen LogP contribution in [0.3, 0.4) is 0 Å². The first kappa shape index (κ1) is 30.3. The maximum absolute atomic E-state index is 13.5. The number of carbonyl (C=O) groups excluding carboxylic acids is 4. The van der Waals surface area contributed by atoms with Gasteiger partial charge in [-0.2, -0.15) is 0 Å². The van der Waals surface area contributed by atoms with E-state index in [4.69, 9.17) is 11.5 Å². The lowest BCUT2D eigenvalue weighted by Gasteiger charge is -2.26. The summed E-state index contributed by atoms with van der Waals surface area (Å²) in [5, 5.41) is 17.9. The standard InChI is InChI=1S/C26H38N6O6/c1-13(2)9-18(23(34)32-20(26(37)38)11-21(27)33)30-24(35)19(31-25(36)22(28)14(3)4)10-15-12-29-17-8-6-5-7-16(15)17/h5-8,12-14,18-20,22,29H,9-11,28H2,1-4H3,(H2,27,33)(H,30,35)(H,31,36)(H,32,34)(H,37,38). The Morgan fingerprint density at radius 2 is 1.47 bits per heavy atom. The number of H-pyrrole nitrogens is 1. The average molecular weight is 531 g/mol. The minimum Gasteiger partial charge on any atom is -0.480 e. The molecule has 208 valence electrons. The molecule has 0 fully saturated rings. The Balaban J connectivity index is 2.31. The fraction of sp³-hybridized carbons (Fsp3) is 0.500. The van der Waals surface area contributed by atoms with Crippen LogP contribution in [0.1, 0.15) is 46.1 Å². The summed E-state index contributed by atoms with van der Waals surface area (Å²) < 4.78 is 0. The summed E-state index contributed by atoms with van der Waals surface area (Å²) in [6, 6.07) is 2.90. The molecule has 0 aliphatic carbocycles. The van der Waals surface area contributed by atoms with E-state index in [0.29, 0.717) is 0 Å². The van der Waals surface area contributed by atoms with E-state index in [-0.39, 0.29) is 24.7 Å². The number of carbonyl (C=O) groups is 5. The van der Waals surface area contributed by atoms with Crippen molar-refractivity contribution in [2.75, 3.05) is 0 Å². The molecule has 0 aliphatic rings. The number of benzene rings is 1. The number of hydrogen-bond donors (Lipinski definition) is 7. The third kappa shape index (κ3) is 8.58. The summed E-state index contributed by atoms with van der Waals surface area (Å²) in [4.78, 5) is 65.1. The van der Waals surface area contributed by atoms with Gasteiger partial charge in [-0.25, -0.2) is 4.79 Å². The van der Waals surface area contributed by atoms with Gasteiger partial charge < -0.3 is 37.5 Å². The summed E-state index contributed by atoms with van der Waals surface area (Å²) in [6.45, 7) is 7.23. The quantitative estimate of drug-likeness (QED) is 0.180. The molecule has 0 bridgehead atoms. The van der Waals surface area contributed by atoms with Crippen molar-refractivity contribution in [1.82, 2.24) is 20.9 Å². The Morgan fingerprint density at radius 1 is 0.895 bits per heavy atom. The van der Waals surface area contributed by atoms with Gasteiger partial charge in [-0.3, -0.25) is 19.2 Å². The van der Waals surface area contributed by atoms with Crippen molar-refractivity contribution < 1.29 is 29.1 Å². The van der Waals surface area contributed by atoms with Crippen LogP contribution in [-0.4, -0.2) is 63.9 Å². The molecule has 2 aromatic rings. The van der Waals surface area contributed by atoms with Crippen LogP contribution in [0.5, 0.6) is 0 Å². The molecule has 0 saturated heterocycles. The number of carboxylic acids is 1. The van der Waals surface area contributed by atoms with Crippen LogP contribution in [0.4, 0.5) is 0 Å². The molecule has 9 N–H and O–H groups in total. The zero-order valence-electron chi connectivity index (χ0n) is 22.1. The predicted octanol–water partition coefficient (Wildman–Crippen LogP) is 0.154. The molecule has 0 aliphatic heterocycles. The first-order valence-corrected chi connectivity index (χ1v) is 12.5. The highest BCUT2D eigenvalue weighted by Gasteiger charge is 2.32. The van der Waals surface area contributed by atoms with Crippen LogP contribution in [-0.2, 0) is 30.4 Å². The number of nitrogens with two attached hydrogens (primary N) is 2. The lowest BCUT2D eigenvalue weighted by molar-refractivity contribution is -0.144. The Labute approximate surface area is 221 Å². The Morgan fingerprint density at radius 3 is 2.05 bits per heavy atom. The van der Waals surface area contributed by atoms with E-state index in [1.54, 1.807) is 20.0 Å². The third-order valence-corrected chi connectivity index (χ3v) is 6.11.